The van der Waals surface area contributed by atoms with E-state index in [0.29, 0.717) is 5.45 Å². The number of hydrogen-bond acceptors (Lipinski definition) is 4. The molecule has 0 saturated heterocycles. The standard InChI is InChI=1S/C8H17NO2PS/c1-7(2)6(12(5,10)11)9-8(3,4)13-7/h10-11H,1-5H3/q+1. The van der Waals surface area contributed by atoms with Gasteiger partial charge in [-0.05, 0) is 27.7 Å². The van der Waals surface area contributed by atoms with Crippen LogP contribution in [0.2, 0.25) is 0 Å². The first-order valence-corrected chi connectivity index (χ1v) is 7.13. The van der Waals surface area contributed by atoms with Crippen LogP contribution in [-0.2, 0) is 0 Å². The lowest BCUT2D eigenvalue weighted by molar-refractivity contribution is 0.475. The van der Waals surface area contributed by atoms with Crippen LogP contribution >= 0.6 is 19.5 Å². The molecule has 0 aromatic heterocycles. The van der Waals surface area contributed by atoms with Gasteiger partial charge in [-0.15, -0.1) is 11.8 Å². The van der Waals surface area contributed by atoms with E-state index in [-0.39, 0.29) is 9.62 Å². The van der Waals surface area contributed by atoms with E-state index < -0.39 is 7.72 Å². The van der Waals surface area contributed by atoms with Crippen molar-refractivity contribution < 1.29 is 9.79 Å². The maximum Gasteiger partial charge on any atom is 0.312 e. The number of nitrogens with zero attached hydrogens (tertiary/aromatic N) is 1. The Morgan fingerprint density at radius 1 is 1.23 bits per heavy atom. The van der Waals surface area contributed by atoms with Gasteiger partial charge in [0.2, 0.25) is 5.45 Å². The Morgan fingerprint density at radius 2 is 1.69 bits per heavy atom. The van der Waals surface area contributed by atoms with Gasteiger partial charge in [0, 0.05) is 0 Å². The lowest BCUT2D eigenvalue weighted by Crippen LogP contribution is -2.26. The van der Waals surface area contributed by atoms with Gasteiger partial charge in [-0.2, -0.15) is 0 Å². The highest BCUT2D eigenvalue weighted by Gasteiger charge is 2.53. The molecule has 0 atom stereocenters. The third-order valence-corrected chi connectivity index (χ3v) is 4.73. The molecule has 5 heteroatoms. The Hall–Kier alpha value is 0.370. The van der Waals surface area contributed by atoms with Gasteiger partial charge in [0.25, 0.3) is 0 Å². The smallest absolute Gasteiger partial charge is 0.233 e. The monoisotopic (exact) mass is 222 g/mol. The Bertz CT molecular complexity index is 255. The molecule has 0 unspecified atom stereocenters. The highest BCUT2D eigenvalue weighted by Crippen LogP contribution is 2.59. The zero-order valence-corrected chi connectivity index (χ0v) is 10.4. The van der Waals surface area contributed by atoms with E-state index in [0.717, 1.165) is 0 Å². The highest BCUT2D eigenvalue weighted by atomic mass is 32.2. The quantitative estimate of drug-likeness (QED) is 0.668. The van der Waals surface area contributed by atoms with E-state index in [1.165, 1.54) is 6.66 Å². The van der Waals surface area contributed by atoms with Crippen molar-refractivity contribution >= 4 is 24.9 Å². The summed E-state index contributed by atoms with van der Waals surface area (Å²) in [4.78, 5) is 23.4. The molecule has 0 spiro atoms. The maximum atomic E-state index is 9.61. The summed E-state index contributed by atoms with van der Waals surface area (Å²) in [6.07, 6.45) is 0. The summed E-state index contributed by atoms with van der Waals surface area (Å²) in [7, 11) is -2.94. The van der Waals surface area contributed by atoms with Gasteiger partial charge < -0.3 is 0 Å². The van der Waals surface area contributed by atoms with Crippen molar-refractivity contribution in [1.29, 1.82) is 0 Å². The highest BCUT2D eigenvalue weighted by molar-refractivity contribution is 8.05. The maximum absolute atomic E-state index is 9.61. The van der Waals surface area contributed by atoms with Crippen LogP contribution in [0.1, 0.15) is 27.7 Å². The third-order valence-electron chi connectivity index (χ3n) is 1.82. The molecular weight excluding hydrogens is 205 g/mol. The van der Waals surface area contributed by atoms with Crippen LogP contribution in [0.25, 0.3) is 0 Å². The van der Waals surface area contributed by atoms with Crippen LogP contribution in [0.5, 0.6) is 0 Å². The minimum absolute atomic E-state index is 0.231. The number of thioether (sulfide) groups is 1. The average molecular weight is 222 g/mol. The van der Waals surface area contributed by atoms with Crippen LogP contribution in [0.15, 0.2) is 4.99 Å². The minimum atomic E-state index is -2.94. The molecule has 3 nitrogen and oxygen atoms in total. The van der Waals surface area contributed by atoms with Gasteiger partial charge in [0.05, 0.1) is 4.75 Å². The molecule has 1 aliphatic rings. The molecule has 0 bridgehead atoms. The minimum Gasteiger partial charge on any atom is -0.233 e. The summed E-state index contributed by atoms with van der Waals surface area (Å²) in [6.45, 7) is 9.41. The third kappa shape index (κ3) is 2.44. The van der Waals surface area contributed by atoms with Gasteiger partial charge in [-0.25, -0.2) is 14.8 Å². The topological polar surface area (TPSA) is 52.8 Å². The largest absolute Gasteiger partial charge is 0.312 e. The predicted octanol–water partition coefficient (Wildman–Crippen LogP) is 2.11. The molecule has 0 aliphatic carbocycles. The second-order valence-electron chi connectivity index (χ2n) is 4.41. The fourth-order valence-electron chi connectivity index (χ4n) is 1.69. The van der Waals surface area contributed by atoms with E-state index in [1.54, 1.807) is 11.8 Å². The van der Waals surface area contributed by atoms with E-state index in [2.05, 4.69) is 4.99 Å². The average Bonchev–Trinajstić information content (AvgIpc) is 1.97. The fourth-order valence-corrected chi connectivity index (χ4v) is 5.39. The molecule has 0 radical (unpaired) electrons. The van der Waals surface area contributed by atoms with E-state index in [9.17, 15) is 9.79 Å². The number of hydrogen-bond donors (Lipinski definition) is 2. The van der Waals surface area contributed by atoms with Crippen molar-refractivity contribution in [3.63, 3.8) is 0 Å². The molecule has 0 aromatic rings. The zero-order chi connectivity index (χ0) is 10.5. The van der Waals surface area contributed by atoms with Gasteiger partial charge >= 0.3 is 7.72 Å². The van der Waals surface area contributed by atoms with Crippen molar-refractivity contribution in [2.24, 2.45) is 4.99 Å². The predicted molar refractivity (Wildman–Crippen MR) is 60.5 cm³/mol. The van der Waals surface area contributed by atoms with Crippen molar-refractivity contribution in [2.75, 3.05) is 6.66 Å². The summed E-state index contributed by atoms with van der Waals surface area (Å²) in [5, 5.41) is 0. The van der Waals surface area contributed by atoms with E-state index in [1.807, 2.05) is 27.7 Å². The fraction of sp³-hybridized carbons (Fsp3) is 0.875. The Labute approximate surface area is 84.2 Å². The Kier molecular flexibility index (Phi) is 2.58. The van der Waals surface area contributed by atoms with Gasteiger partial charge in [0.15, 0.2) is 0 Å². The first-order chi connectivity index (χ1) is 5.55. The molecule has 1 heterocycles. The normalized spacial score (nSPS) is 25.9. The molecular formula is C8H17NO2PS+. The van der Waals surface area contributed by atoms with Crippen LogP contribution in [0.4, 0.5) is 0 Å². The molecule has 1 aliphatic heterocycles. The van der Waals surface area contributed by atoms with Crippen LogP contribution < -0.4 is 0 Å². The SMILES string of the molecule is CC1(C)N=C([P+](C)(O)O)C(C)(C)S1. The van der Waals surface area contributed by atoms with E-state index >= 15 is 0 Å². The lowest BCUT2D eigenvalue weighted by atomic mass is 10.2. The van der Waals surface area contributed by atoms with Crippen LogP contribution in [-0.4, -0.2) is 31.5 Å². The molecule has 0 aromatic carbocycles. The molecule has 1 rings (SSSR count). The van der Waals surface area contributed by atoms with Crippen LogP contribution in [0.3, 0.4) is 0 Å². The number of rotatable bonds is 1. The zero-order valence-electron chi connectivity index (χ0n) is 8.70. The molecule has 76 valence electrons. The van der Waals surface area contributed by atoms with E-state index in [4.69, 9.17) is 0 Å². The summed E-state index contributed by atoms with van der Waals surface area (Å²) < 4.78 is -0.254. The molecule has 2 N–H and O–H groups in total. The van der Waals surface area contributed by atoms with Crippen molar-refractivity contribution in [1.82, 2.24) is 0 Å². The van der Waals surface area contributed by atoms with Gasteiger partial charge in [-0.1, -0.05) is 0 Å². The first kappa shape index (κ1) is 11.4. The van der Waals surface area contributed by atoms with Gasteiger partial charge in [-0.3, -0.25) is 0 Å². The molecule has 0 saturated carbocycles. The Morgan fingerprint density at radius 3 is 1.85 bits per heavy atom. The first-order valence-electron chi connectivity index (χ1n) is 4.18. The van der Waals surface area contributed by atoms with Gasteiger partial charge in [0.1, 0.15) is 11.5 Å². The summed E-state index contributed by atoms with van der Waals surface area (Å²) in [5.41, 5.74) is 0.565. The van der Waals surface area contributed by atoms with Crippen molar-refractivity contribution in [3.05, 3.63) is 0 Å². The second kappa shape index (κ2) is 2.93. The van der Waals surface area contributed by atoms with Crippen molar-refractivity contribution in [3.8, 4) is 0 Å². The summed E-state index contributed by atoms with van der Waals surface area (Å²) in [6, 6.07) is 0. The molecule has 0 amide bonds. The lowest BCUT2D eigenvalue weighted by Gasteiger charge is -2.21. The summed E-state index contributed by atoms with van der Waals surface area (Å²) >= 11 is 1.66. The molecule has 13 heavy (non-hydrogen) atoms. The summed E-state index contributed by atoms with van der Waals surface area (Å²) in [5.74, 6) is 0. The van der Waals surface area contributed by atoms with Crippen molar-refractivity contribution in [2.45, 2.75) is 37.3 Å². The Balaban J connectivity index is 3.08. The van der Waals surface area contributed by atoms with Crippen LogP contribution in [0, 0.1) is 0 Å². The second-order valence-corrected chi connectivity index (χ2v) is 8.88. The molecule has 0 fully saturated rings. The number of aliphatic imine (C=N–C) groups is 1.